The van der Waals surface area contributed by atoms with Gasteiger partial charge in [-0.15, -0.1) is 0 Å². The van der Waals surface area contributed by atoms with E-state index in [2.05, 4.69) is 5.32 Å². The summed E-state index contributed by atoms with van der Waals surface area (Å²) in [6.45, 7) is 1.68. The monoisotopic (exact) mass is 347 g/mol. The van der Waals surface area contributed by atoms with Crippen LogP contribution in [0.1, 0.15) is 34.8 Å². The lowest BCUT2D eigenvalue weighted by atomic mass is 10.1. The lowest BCUT2D eigenvalue weighted by Crippen LogP contribution is -2.13. The van der Waals surface area contributed by atoms with Gasteiger partial charge in [-0.25, -0.2) is 9.18 Å². The molecule has 0 aliphatic carbocycles. The Bertz CT molecular complexity index is 818. The zero-order chi connectivity index (χ0) is 17.7. The molecular formula is C18H15ClFNO3. The van der Waals surface area contributed by atoms with Crippen LogP contribution in [0, 0.1) is 5.82 Å². The molecule has 0 spiro atoms. The van der Waals surface area contributed by atoms with Gasteiger partial charge in [-0.05, 0) is 35.4 Å². The first-order chi connectivity index (χ1) is 11.4. The number of anilines is 1. The van der Waals surface area contributed by atoms with Crippen molar-refractivity contribution >= 4 is 41.3 Å². The number of benzene rings is 2. The Kier molecular flexibility index (Phi) is 5.71. The number of halogens is 2. The fourth-order valence-electron chi connectivity index (χ4n) is 2.00. The second-order valence-electron chi connectivity index (χ2n) is 5.02. The molecule has 1 amide bonds. The average molecular weight is 348 g/mol. The fraction of sp³-hybridized carbons (Fsp3) is 0.111. The van der Waals surface area contributed by atoms with E-state index in [0.717, 1.165) is 0 Å². The van der Waals surface area contributed by atoms with Gasteiger partial charge in [0.15, 0.2) is 0 Å². The van der Waals surface area contributed by atoms with E-state index in [1.54, 1.807) is 31.2 Å². The van der Waals surface area contributed by atoms with Crippen molar-refractivity contribution in [1.29, 1.82) is 0 Å². The van der Waals surface area contributed by atoms with E-state index in [-0.39, 0.29) is 28.6 Å². The number of amides is 1. The number of carbonyl (C=O) groups excluding carboxylic acids is 1. The second kappa shape index (κ2) is 7.75. The number of nitrogens with one attached hydrogen (secondary N) is 1. The van der Waals surface area contributed by atoms with Crippen molar-refractivity contribution in [1.82, 2.24) is 0 Å². The molecule has 0 bridgehead atoms. The normalized spacial score (nSPS) is 10.8. The van der Waals surface area contributed by atoms with Crippen molar-refractivity contribution in [3.63, 3.8) is 0 Å². The Balaban J connectivity index is 2.29. The molecule has 0 saturated heterocycles. The molecule has 0 radical (unpaired) electrons. The highest BCUT2D eigenvalue weighted by Crippen LogP contribution is 2.21. The van der Waals surface area contributed by atoms with Gasteiger partial charge in [-0.1, -0.05) is 42.8 Å². The first-order valence-corrected chi connectivity index (χ1v) is 7.59. The third-order valence-electron chi connectivity index (χ3n) is 3.28. The molecule has 0 aromatic heterocycles. The first kappa shape index (κ1) is 17.7. The highest BCUT2D eigenvalue weighted by atomic mass is 35.5. The van der Waals surface area contributed by atoms with Crippen LogP contribution in [0.4, 0.5) is 10.1 Å². The summed E-state index contributed by atoms with van der Waals surface area (Å²) in [4.78, 5) is 22.8. The molecule has 2 aromatic carbocycles. The zero-order valence-electron chi connectivity index (χ0n) is 12.8. The number of carboxylic acid groups (broad SMARTS) is 1. The molecule has 0 saturated carbocycles. The summed E-state index contributed by atoms with van der Waals surface area (Å²) in [5.74, 6) is -1.90. The van der Waals surface area contributed by atoms with Gasteiger partial charge in [-0.2, -0.15) is 0 Å². The smallest absolute Gasteiger partial charge is 0.337 e. The van der Waals surface area contributed by atoms with Crippen molar-refractivity contribution in [2.45, 2.75) is 13.3 Å². The van der Waals surface area contributed by atoms with Crippen LogP contribution in [-0.2, 0) is 4.79 Å². The first-order valence-electron chi connectivity index (χ1n) is 7.21. The molecule has 0 heterocycles. The second-order valence-corrected chi connectivity index (χ2v) is 5.43. The zero-order valence-corrected chi connectivity index (χ0v) is 13.6. The van der Waals surface area contributed by atoms with Gasteiger partial charge in [0.25, 0.3) is 0 Å². The minimum atomic E-state index is -1.14. The van der Waals surface area contributed by atoms with Crippen LogP contribution in [0.5, 0.6) is 0 Å². The van der Waals surface area contributed by atoms with Crippen molar-refractivity contribution in [3.8, 4) is 0 Å². The molecule has 0 atom stereocenters. The summed E-state index contributed by atoms with van der Waals surface area (Å²) in [6.07, 6.45) is 3.63. The molecule has 0 fully saturated rings. The summed E-state index contributed by atoms with van der Waals surface area (Å²) in [7, 11) is 0. The Morgan fingerprint density at radius 3 is 2.38 bits per heavy atom. The van der Waals surface area contributed by atoms with Crippen molar-refractivity contribution in [3.05, 3.63) is 63.9 Å². The molecule has 4 nitrogen and oxygen atoms in total. The number of hydrogen-bond acceptors (Lipinski definition) is 2. The SMILES string of the molecule is CCC(=O)Nc1ccc(/C=C/c2ccc(F)c(Cl)c2)cc1C(=O)O. The van der Waals surface area contributed by atoms with E-state index in [1.165, 1.54) is 24.3 Å². The maximum Gasteiger partial charge on any atom is 0.337 e. The van der Waals surface area contributed by atoms with Crippen molar-refractivity contribution in [2.24, 2.45) is 0 Å². The van der Waals surface area contributed by atoms with E-state index in [1.807, 2.05) is 0 Å². The topological polar surface area (TPSA) is 66.4 Å². The van der Waals surface area contributed by atoms with Gasteiger partial charge >= 0.3 is 5.97 Å². The molecule has 0 aliphatic heterocycles. The molecule has 2 N–H and O–H groups in total. The van der Waals surface area contributed by atoms with E-state index < -0.39 is 11.8 Å². The Morgan fingerprint density at radius 2 is 1.79 bits per heavy atom. The molecule has 2 rings (SSSR count). The summed E-state index contributed by atoms with van der Waals surface area (Å²) in [5, 5.41) is 11.9. The Hall–Kier alpha value is -2.66. The lowest BCUT2D eigenvalue weighted by Gasteiger charge is -2.08. The minimum Gasteiger partial charge on any atom is -0.478 e. The van der Waals surface area contributed by atoms with Crippen LogP contribution in [0.3, 0.4) is 0 Å². The quantitative estimate of drug-likeness (QED) is 0.771. The van der Waals surface area contributed by atoms with Crippen LogP contribution < -0.4 is 5.32 Å². The predicted molar refractivity (Wildman–Crippen MR) is 92.7 cm³/mol. The van der Waals surface area contributed by atoms with E-state index in [9.17, 15) is 19.1 Å². The largest absolute Gasteiger partial charge is 0.478 e. The minimum absolute atomic E-state index is 0.00362. The van der Waals surface area contributed by atoms with Crippen LogP contribution in [0.2, 0.25) is 5.02 Å². The maximum absolute atomic E-state index is 13.1. The van der Waals surface area contributed by atoms with Gasteiger partial charge in [0, 0.05) is 6.42 Å². The molecule has 124 valence electrons. The van der Waals surface area contributed by atoms with E-state index in [4.69, 9.17) is 11.6 Å². The third kappa shape index (κ3) is 4.43. The average Bonchev–Trinajstić information content (AvgIpc) is 2.56. The molecule has 24 heavy (non-hydrogen) atoms. The van der Waals surface area contributed by atoms with Gasteiger partial charge in [0.2, 0.25) is 5.91 Å². The standard InChI is InChI=1S/C18H15ClFNO3/c1-2-17(22)21-16-8-6-11(9-13(16)18(23)24)3-4-12-5-7-15(20)14(19)10-12/h3-10H,2H2,1H3,(H,21,22)(H,23,24)/b4-3+. The fourth-order valence-corrected chi connectivity index (χ4v) is 2.19. The predicted octanol–water partition coefficient (Wildman–Crippen LogP) is 4.70. The molecule has 0 unspecified atom stereocenters. The van der Waals surface area contributed by atoms with Crippen molar-refractivity contribution in [2.75, 3.05) is 5.32 Å². The van der Waals surface area contributed by atoms with Gasteiger partial charge in [-0.3, -0.25) is 4.79 Å². The Labute approximate surface area is 143 Å². The van der Waals surface area contributed by atoms with Crippen LogP contribution in [0.15, 0.2) is 36.4 Å². The van der Waals surface area contributed by atoms with E-state index in [0.29, 0.717) is 11.1 Å². The van der Waals surface area contributed by atoms with Crippen LogP contribution >= 0.6 is 11.6 Å². The van der Waals surface area contributed by atoms with Crippen LogP contribution in [-0.4, -0.2) is 17.0 Å². The molecule has 2 aromatic rings. The lowest BCUT2D eigenvalue weighted by molar-refractivity contribution is -0.115. The number of carbonyl (C=O) groups is 2. The van der Waals surface area contributed by atoms with Gasteiger partial charge < -0.3 is 10.4 Å². The molecule has 6 heteroatoms. The number of carboxylic acids is 1. The van der Waals surface area contributed by atoms with Gasteiger partial charge in [0.1, 0.15) is 5.82 Å². The van der Waals surface area contributed by atoms with Gasteiger partial charge in [0.05, 0.1) is 16.3 Å². The summed E-state index contributed by atoms with van der Waals surface area (Å²) in [5.41, 5.74) is 1.55. The Morgan fingerprint density at radius 1 is 1.17 bits per heavy atom. The summed E-state index contributed by atoms with van der Waals surface area (Å²) in [6, 6.07) is 8.96. The van der Waals surface area contributed by atoms with E-state index >= 15 is 0 Å². The number of hydrogen-bond donors (Lipinski definition) is 2. The van der Waals surface area contributed by atoms with Crippen LogP contribution in [0.25, 0.3) is 12.2 Å². The third-order valence-corrected chi connectivity index (χ3v) is 3.57. The number of rotatable bonds is 5. The molecular weight excluding hydrogens is 333 g/mol. The summed E-state index contributed by atoms with van der Waals surface area (Å²) >= 11 is 5.72. The highest BCUT2D eigenvalue weighted by molar-refractivity contribution is 6.30. The summed E-state index contributed by atoms with van der Waals surface area (Å²) < 4.78 is 13.1. The maximum atomic E-state index is 13.1. The number of aromatic carboxylic acids is 1. The van der Waals surface area contributed by atoms with Crippen molar-refractivity contribution < 1.29 is 19.1 Å². The highest BCUT2D eigenvalue weighted by Gasteiger charge is 2.12. The molecule has 0 aliphatic rings.